The van der Waals surface area contributed by atoms with Crippen molar-refractivity contribution >= 4 is 34.5 Å². The summed E-state index contributed by atoms with van der Waals surface area (Å²) in [5.41, 5.74) is 5.70. The van der Waals surface area contributed by atoms with E-state index in [4.69, 9.17) is 9.47 Å². The third-order valence-electron chi connectivity index (χ3n) is 6.04. The zero-order valence-electron chi connectivity index (χ0n) is 20.5. The van der Waals surface area contributed by atoms with E-state index in [9.17, 15) is 9.59 Å². The van der Waals surface area contributed by atoms with Crippen molar-refractivity contribution in [3.63, 3.8) is 0 Å². The molecule has 8 heteroatoms. The Hall–Kier alpha value is -3.52. The zero-order chi connectivity index (χ0) is 25.1. The van der Waals surface area contributed by atoms with Crippen LogP contribution in [0, 0.1) is 13.8 Å². The predicted octanol–water partition coefficient (Wildman–Crippen LogP) is 5.48. The van der Waals surface area contributed by atoms with E-state index in [0.29, 0.717) is 17.0 Å². The molecule has 1 amide bonds. The van der Waals surface area contributed by atoms with Gasteiger partial charge in [-0.1, -0.05) is 30.0 Å². The molecule has 0 radical (unpaired) electrons. The molecule has 1 N–H and O–H groups in total. The van der Waals surface area contributed by atoms with Gasteiger partial charge in [-0.05, 0) is 74.1 Å². The molecule has 2 aliphatic rings. The molecule has 0 saturated carbocycles. The van der Waals surface area contributed by atoms with Gasteiger partial charge in [0.05, 0.1) is 37.4 Å². The highest BCUT2D eigenvalue weighted by molar-refractivity contribution is 8.16. The maximum atomic E-state index is 13.1. The number of methoxy groups -OCH3 is 1. The van der Waals surface area contributed by atoms with Crippen LogP contribution in [0.5, 0.6) is 5.75 Å². The second kappa shape index (κ2) is 10.4. The van der Waals surface area contributed by atoms with Crippen molar-refractivity contribution in [2.24, 2.45) is 4.99 Å². The summed E-state index contributed by atoms with van der Waals surface area (Å²) in [6.07, 6.45) is 0.133. The van der Waals surface area contributed by atoms with E-state index in [0.717, 1.165) is 27.7 Å². The Kier molecular flexibility index (Phi) is 7.31. The van der Waals surface area contributed by atoms with E-state index in [-0.39, 0.29) is 18.9 Å². The number of amides is 1. The number of aliphatic imine (C=N–C) groups is 1. The fourth-order valence-corrected chi connectivity index (χ4v) is 5.12. The number of carbonyl (C=O) groups is 2. The predicted molar refractivity (Wildman–Crippen MR) is 139 cm³/mol. The molecule has 35 heavy (non-hydrogen) atoms. The number of hydrogen-bond acceptors (Lipinski definition) is 7. The lowest BCUT2D eigenvalue weighted by molar-refractivity contribution is -0.139. The quantitative estimate of drug-likeness (QED) is 0.517. The fraction of sp³-hybridized carbons (Fsp3) is 0.296. The minimum Gasteiger partial charge on any atom is -0.497 e. The molecule has 7 nitrogen and oxygen atoms in total. The molecule has 0 spiro atoms. The minimum absolute atomic E-state index is 0.133. The molecule has 0 bridgehead atoms. The summed E-state index contributed by atoms with van der Waals surface area (Å²) < 4.78 is 10.8. The number of amidine groups is 1. The average Bonchev–Trinajstić information content (AvgIpc) is 3.22. The molecular formula is C27H29N3O4S. The van der Waals surface area contributed by atoms with Crippen molar-refractivity contribution in [3.8, 4) is 5.75 Å². The monoisotopic (exact) mass is 491 g/mol. The molecule has 0 unspecified atom stereocenters. The van der Waals surface area contributed by atoms with E-state index < -0.39 is 12.0 Å². The van der Waals surface area contributed by atoms with Gasteiger partial charge in [-0.3, -0.25) is 4.79 Å². The first-order valence-electron chi connectivity index (χ1n) is 11.4. The Morgan fingerprint density at radius 1 is 1.11 bits per heavy atom. The van der Waals surface area contributed by atoms with Gasteiger partial charge in [0.2, 0.25) is 5.91 Å². The summed E-state index contributed by atoms with van der Waals surface area (Å²) >= 11 is 1.44. The lowest BCUT2D eigenvalue weighted by atomic mass is 9.93. The number of hydrogen-bond donors (Lipinski definition) is 1. The van der Waals surface area contributed by atoms with Crippen molar-refractivity contribution in [1.82, 2.24) is 4.90 Å². The highest BCUT2D eigenvalue weighted by Crippen LogP contribution is 2.45. The van der Waals surface area contributed by atoms with Crippen LogP contribution in [0.3, 0.4) is 0 Å². The van der Waals surface area contributed by atoms with Crippen LogP contribution in [0.2, 0.25) is 0 Å². The van der Waals surface area contributed by atoms with Crippen molar-refractivity contribution < 1.29 is 19.1 Å². The topological polar surface area (TPSA) is 80.2 Å². The van der Waals surface area contributed by atoms with Gasteiger partial charge in [0.1, 0.15) is 5.75 Å². The summed E-state index contributed by atoms with van der Waals surface area (Å²) in [7, 11) is 1.61. The lowest BCUT2D eigenvalue weighted by Crippen LogP contribution is -2.37. The third kappa shape index (κ3) is 5.12. The summed E-state index contributed by atoms with van der Waals surface area (Å²) in [5.74, 6) is 0.114. The van der Waals surface area contributed by atoms with E-state index in [1.807, 2.05) is 73.5 Å². The molecule has 4 rings (SSSR count). The standard InChI is InChI=1S/C27H29N3O4S/c1-6-34-26(32)24-18(4)28-27-30(25(24)19-8-7-9-22(13-19)33-5)21(15-35-27)14-23(31)29-20-11-10-16(2)17(3)12-20/h7-13,15,25H,6,14H2,1-5H3,(H,29,31)/t25-/m1/s1. The fourth-order valence-electron chi connectivity index (χ4n) is 4.16. The van der Waals surface area contributed by atoms with Gasteiger partial charge < -0.3 is 19.7 Å². The Balaban J connectivity index is 1.67. The maximum absolute atomic E-state index is 13.1. The molecule has 2 aliphatic heterocycles. The number of nitrogens with zero attached hydrogens (tertiary/aromatic N) is 2. The number of nitrogens with one attached hydrogen (secondary N) is 1. The molecule has 2 aromatic carbocycles. The van der Waals surface area contributed by atoms with Gasteiger partial charge in [-0.2, -0.15) is 0 Å². The Morgan fingerprint density at radius 2 is 1.91 bits per heavy atom. The van der Waals surface area contributed by atoms with E-state index in [2.05, 4.69) is 10.3 Å². The molecule has 182 valence electrons. The normalized spacial score (nSPS) is 16.9. The SMILES string of the molecule is CCOC(=O)C1=C(C)N=C2SC=C(CC(=O)Nc3ccc(C)c(C)c3)N2[C@@H]1c1cccc(OC)c1. The maximum Gasteiger partial charge on any atom is 0.338 e. The number of benzene rings is 2. The van der Waals surface area contributed by atoms with Gasteiger partial charge in [0.15, 0.2) is 5.17 Å². The summed E-state index contributed by atoms with van der Waals surface area (Å²) in [5, 5.41) is 5.63. The second-order valence-electron chi connectivity index (χ2n) is 8.41. The van der Waals surface area contributed by atoms with Crippen LogP contribution < -0.4 is 10.1 Å². The average molecular weight is 492 g/mol. The van der Waals surface area contributed by atoms with Gasteiger partial charge >= 0.3 is 5.97 Å². The number of fused-ring (bicyclic) bond motifs is 1. The first-order chi connectivity index (χ1) is 16.8. The summed E-state index contributed by atoms with van der Waals surface area (Å²) in [4.78, 5) is 32.7. The van der Waals surface area contributed by atoms with E-state index in [1.165, 1.54) is 17.3 Å². The first-order valence-corrected chi connectivity index (χ1v) is 12.3. The Labute approximate surface area is 209 Å². The largest absolute Gasteiger partial charge is 0.497 e. The molecule has 2 aromatic rings. The number of allylic oxidation sites excluding steroid dienone is 1. The molecule has 2 heterocycles. The molecular weight excluding hydrogens is 462 g/mol. The number of thioether (sulfide) groups is 1. The minimum atomic E-state index is -0.493. The number of rotatable bonds is 7. The Bertz CT molecular complexity index is 1260. The second-order valence-corrected chi connectivity index (χ2v) is 9.25. The zero-order valence-corrected chi connectivity index (χ0v) is 21.4. The number of esters is 1. The smallest absolute Gasteiger partial charge is 0.338 e. The van der Waals surface area contributed by atoms with Gasteiger partial charge in [0.25, 0.3) is 0 Å². The lowest BCUT2D eigenvalue weighted by Gasteiger charge is -2.36. The molecule has 0 aliphatic carbocycles. The number of ether oxygens (including phenoxy) is 2. The van der Waals surface area contributed by atoms with Gasteiger partial charge in [-0.15, -0.1) is 0 Å². The van der Waals surface area contributed by atoms with Crippen LogP contribution in [0.25, 0.3) is 0 Å². The van der Waals surface area contributed by atoms with Crippen molar-refractivity contribution in [3.05, 3.63) is 81.5 Å². The van der Waals surface area contributed by atoms with E-state index in [1.54, 1.807) is 14.0 Å². The van der Waals surface area contributed by atoms with Crippen molar-refractivity contribution in [1.29, 1.82) is 0 Å². The number of carbonyl (C=O) groups excluding carboxylic acids is 2. The Morgan fingerprint density at radius 3 is 2.63 bits per heavy atom. The highest BCUT2D eigenvalue weighted by Gasteiger charge is 2.41. The van der Waals surface area contributed by atoms with Crippen LogP contribution in [-0.2, 0) is 14.3 Å². The summed E-state index contributed by atoms with van der Waals surface area (Å²) in [6.45, 7) is 7.90. The first kappa shape index (κ1) is 24.6. The van der Waals surface area contributed by atoms with Gasteiger partial charge in [-0.25, -0.2) is 9.79 Å². The van der Waals surface area contributed by atoms with Crippen LogP contribution in [0.4, 0.5) is 5.69 Å². The third-order valence-corrected chi connectivity index (χ3v) is 6.93. The van der Waals surface area contributed by atoms with Crippen molar-refractivity contribution in [2.75, 3.05) is 19.0 Å². The molecule has 1 atom stereocenters. The summed E-state index contributed by atoms with van der Waals surface area (Å²) in [6, 6.07) is 12.9. The molecule has 0 aromatic heterocycles. The van der Waals surface area contributed by atoms with E-state index >= 15 is 0 Å². The highest BCUT2D eigenvalue weighted by atomic mass is 32.2. The van der Waals surface area contributed by atoms with Crippen LogP contribution >= 0.6 is 11.8 Å². The van der Waals surface area contributed by atoms with Crippen LogP contribution in [0.1, 0.15) is 43.0 Å². The van der Waals surface area contributed by atoms with Crippen LogP contribution in [0.15, 0.2) is 69.8 Å². The van der Waals surface area contributed by atoms with Crippen molar-refractivity contribution in [2.45, 2.75) is 40.2 Å². The number of aryl methyl sites for hydroxylation is 2. The van der Waals surface area contributed by atoms with Crippen LogP contribution in [-0.4, -0.2) is 35.7 Å². The number of anilines is 1. The van der Waals surface area contributed by atoms with Gasteiger partial charge in [0, 0.05) is 11.4 Å². The molecule has 0 fully saturated rings. The molecule has 0 saturated heterocycles.